The van der Waals surface area contributed by atoms with Crippen LogP contribution in [0.5, 0.6) is 0 Å². The number of benzene rings is 1. The molecule has 0 aliphatic carbocycles. The van der Waals surface area contributed by atoms with Gasteiger partial charge in [0.15, 0.2) is 5.65 Å². The number of aromatic nitrogens is 2. The van der Waals surface area contributed by atoms with E-state index in [0.717, 1.165) is 11.1 Å². The highest BCUT2D eigenvalue weighted by Gasteiger charge is 2.14. The molecule has 3 rings (SSSR count). The number of hydrogen-bond donors (Lipinski definition) is 1. The second kappa shape index (κ2) is 5.21. The Bertz CT molecular complexity index is 867. The minimum atomic E-state index is -3.47. The molecule has 0 saturated heterocycles. The fourth-order valence-corrected chi connectivity index (χ4v) is 3.33. The molecule has 0 aliphatic heterocycles. The number of aryl methyl sites for hydroxylation is 1. The van der Waals surface area contributed by atoms with Crippen LogP contribution in [-0.4, -0.2) is 17.8 Å². The predicted octanol–water partition coefficient (Wildman–Crippen LogP) is 2.58. The lowest BCUT2D eigenvalue weighted by molar-refractivity contribution is 0.600. The van der Waals surface area contributed by atoms with Gasteiger partial charge in [0.2, 0.25) is 10.0 Å². The Morgan fingerprint density at radius 3 is 2.67 bits per heavy atom. The van der Waals surface area contributed by atoms with Gasteiger partial charge in [-0.3, -0.25) is 4.72 Å². The van der Waals surface area contributed by atoms with Crippen LogP contribution in [0.15, 0.2) is 55.0 Å². The molecule has 0 fully saturated rings. The third kappa shape index (κ3) is 3.05. The molecule has 0 bridgehead atoms. The van der Waals surface area contributed by atoms with Crippen LogP contribution in [0.1, 0.15) is 11.1 Å². The first-order valence-corrected chi connectivity index (χ1v) is 8.16. The molecule has 6 heteroatoms. The monoisotopic (exact) mass is 301 g/mol. The first kappa shape index (κ1) is 13.6. The first-order valence-electron chi connectivity index (χ1n) is 6.51. The Kier molecular flexibility index (Phi) is 3.39. The highest BCUT2D eigenvalue weighted by atomic mass is 32.2. The quantitative estimate of drug-likeness (QED) is 0.805. The number of fused-ring (bicyclic) bond motifs is 1. The summed E-state index contributed by atoms with van der Waals surface area (Å²) in [7, 11) is -3.47. The second-order valence-corrected chi connectivity index (χ2v) is 6.65. The highest BCUT2D eigenvalue weighted by molar-refractivity contribution is 7.91. The van der Waals surface area contributed by atoms with E-state index in [1.807, 2.05) is 37.4 Å². The lowest BCUT2D eigenvalue weighted by Gasteiger charge is -2.09. The maximum atomic E-state index is 12.3. The van der Waals surface area contributed by atoms with E-state index in [9.17, 15) is 8.42 Å². The third-order valence-electron chi connectivity index (χ3n) is 3.16. The zero-order valence-electron chi connectivity index (χ0n) is 11.5. The summed E-state index contributed by atoms with van der Waals surface area (Å²) >= 11 is 0. The van der Waals surface area contributed by atoms with Gasteiger partial charge in [0.1, 0.15) is 0 Å². The zero-order chi connectivity index (χ0) is 14.9. The molecule has 0 radical (unpaired) electrons. The van der Waals surface area contributed by atoms with Crippen LogP contribution in [0, 0.1) is 6.92 Å². The molecule has 108 valence electrons. The molecule has 0 aliphatic rings. The van der Waals surface area contributed by atoms with Gasteiger partial charge in [-0.2, -0.15) is 0 Å². The van der Waals surface area contributed by atoms with Crippen molar-refractivity contribution in [2.45, 2.75) is 12.7 Å². The van der Waals surface area contributed by atoms with Gasteiger partial charge in [0.25, 0.3) is 0 Å². The summed E-state index contributed by atoms with van der Waals surface area (Å²) in [4.78, 5) is 4.16. The normalized spacial score (nSPS) is 11.7. The molecular weight excluding hydrogens is 286 g/mol. The van der Waals surface area contributed by atoms with Gasteiger partial charge in [-0.15, -0.1) is 0 Å². The van der Waals surface area contributed by atoms with Crippen molar-refractivity contribution in [3.63, 3.8) is 0 Å². The average Bonchev–Trinajstić information content (AvgIpc) is 2.90. The minimum Gasteiger partial charge on any atom is -0.305 e. The summed E-state index contributed by atoms with van der Waals surface area (Å²) in [6, 6.07) is 10.9. The third-order valence-corrected chi connectivity index (χ3v) is 4.41. The summed E-state index contributed by atoms with van der Waals surface area (Å²) in [5.41, 5.74) is 2.93. The number of sulfonamides is 1. The van der Waals surface area contributed by atoms with Crippen LogP contribution in [0.2, 0.25) is 0 Å². The van der Waals surface area contributed by atoms with E-state index in [1.165, 1.54) is 0 Å². The molecule has 0 amide bonds. The molecule has 21 heavy (non-hydrogen) atoms. The second-order valence-electron chi connectivity index (χ2n) is 4.93. The number of pyridine rings is 1. The summed E-state index contributed by atoms with van der Waals surface area (Å²) in [5.74, 6) is -0.0605. The Morgan fingerprint density at radius 1 is 1.14 bits per heavy atom. The van der Waals surface area contributed by atoms with E-state index < -0.39 is 10.0 Å². The zero-order valence-corrected chi connectivity index (χ0v) is 12.3. The van der Waals surface area contributed by atoms with Crippen molar-refractivity contribution in [1.82, 2.24) is 9.38 Å². The van der Waals surface area contributed by atoms with Crippen molar-refractivity contribution >= 4 is 21.4 Å². The van der Waals surface area contributed by atoms with E-state index in [4.69, 9.17) is 0 Å². The van der Waals surface area contributed by atoms with Crippen LogP contribution in [0.25, 0.3) is 5.65 Å². The van der Waals surface area contributed by atoms with E-state index in [2.05, 4.69) is 9.71 Å². The van der Waals surface area contributed by atoms with Gasteiger partial charge in [0, 0.05) is 18.6 Å². The number of nitrogens with one attached hydrogen (secondary N) is 1. The van der Waals surface area contributed by atoms with Crippen molar-refractivity contribution < 1.29 is 8.42 Å². The van der Waals surface area contributed by atoms with Crippen molar-refractivity contribution in [2.24, 2.45) is 0 Å². The van der Waals surface area contributed by atoms with Crippen LogP contribution >= 0.6 is 0 Å². The van der Waals surface area contributed by atoms with Gasteiger partial charge in [0.05, 0.1) is 11.4 Å². The summed E-state index contributed by atoms with van der Waals surface area (Å²) in [6.45, 7) is 1.97. The standard InChI is InChI=1S/C15H15N3O2S/c1-12-4-6-13(7-5-12)11-21(19,20)17-14-3-2-9-18-10-8-16-15(14)18/h2-10,17H,11H2,1H3. The van der Waals surface area contributed by atoms with Crippen molar-refractivity contribution in [3.05, 3.63) is 66.1 Å². The van der Waals surface area contributed by atoms with Gasteiger partial charge >= 0.3 is 0 Å². The van der Waals surface area contributed by atoms with Crippen molar-refractivity contribution in [1.29, 1.82) is 0 Å². The molecule has 5 nitrogen and oxygen atoms in total. The maximum Gasteiger partial charge on any atom is 0.237 e. The Labute approximate surface area is 123 Å². The molecule has 3 aromatic rings. The van der Waals surface area contributed by atoms with Crippen molar-refractivity contribution in [2.75, 3.05) is 4.72 Å². The first-order chi connectivity index (χ1) is 10.0. The molecule has 0 unspecified atom stereocenters. The van der Waals surface area contributed by atoms with Crippen LogP contribution < -0.4 is 4.72 Å². The lowest BCUT2D eigenvalue weighted by atomic mass is 10.2. The van der Waals surface area contributed by atoms with Crippen LogP contribution in [-0.2, 0) is 15.8 Å². The van der Waals surface area contributed by atoms with Gasteiger partial charge in [-0.05, 0) is 24.6 Å². The molecule has 2 heterocycles. The lowest BCUT2D eigenvalue weighted by Crippen LogP contribution is -2.15. The number of hydrogen-bond acceptors (Lipinski definition) is 3. The number of imidazole rings is 1. The average molecular weight is 301 g/mol. The summed E-state index contributed by atoms with van der Waals surface area (Å²) in [6.07, 6.45) is 5.22. The molecule has 1 aromatic carbocycles. The summed E-state index contributed by atoms with van der Waals surface area (Å²) < 4.78 is 28.9. The molecule has 1 N–H and O–H groups in total. The molecule has 0 spiro atoms. The topological polar surface area (TPSA) is 63.5 Å². The van der Waals surface area contributed by atoms with Crippen LogP contribution in [0.4, 0.5) is 5.69 Å². The summed E-state index contributed by atoms with van der Waals surface area (Å²) in [5, 5.41) is 0. The van der Waals surface area contributed by atoms with Gasteiger partial charge in [-0.1, -0.05) is 29.8 Å². The van der Waals surface area contributed by atoms with E-state index in [-0.39, 0.29) is 5.75 Å². The largest absolute Gasteiger partial charge is 0.305 e. The highest BCUT2D eigenvalue weighted by Crippen LogP contribution is 2.18. The minimum absolute atomic E-state index is 0.0605. The fourth-order valence-electron chi connectivity index (χ4n) is 2.14. The number of rotatable bonds is 4. The van der Waals surface area contributed by atoms with Crippen molar-refractivity contribution in [3.8, 4) is 0 Å². The van der Waals surface area contributed by atoms with Crippen LogP contribution in [0.3, 0.4) is 0 Å². The molecule has 0 saturated carbocycles. The van der Waals surface area contributed by atoms with E-state index >= 15 is 0 Å². The molecule has 0 atom stereocenters. The SMILES string of the molecule is Cc1ccc(CS(=O)(=O)Nc2cccn3ccnc23)cc1. The molecule has 2 aromatic heterocycles. The van der Waals surface area contributed by atoms with Gasteiger partial charge < -0.3 is 4.40 Å². The van der Waals surface area contributed by atoms with E-state index in [1.54, 1.807) is 28.9 Å². The Hall–Kier alpha value is -2.34. The molecular formula is C15H15N3O2S. The maximum absolute atomic E-state index is 12.3. The number of anilines is 1. The Morgan fingerprint density at radius 2 is 1.90 bits per heavy atom. The fraction of sp³-hybridized carbons (Fsp3) is 0.133. The predicted molar refractivity (Wildman–Crippen MR) is 82.6 cm³/mol. The van der Waals surface area contributed by atoms with E-state index in [0.29, 0.717) is 11.3 Å². The Balaban J connectivity index is 1.86. The van der Waals surface area contributed by atoms with Gasteiger partial charge in [-0.25, -0.2) is 13.4 Å². The number of nitrogens with zero attached hydrogens (tertiary/aromatic N) is 2. The smallest absolute Gasteiger partial charge is 0.237 e.